The van der Waals surface area contributed by atoms with Crippen LogP contribution in [0.15, 0.2) is 42.5 Å². The Bertz CT molecular complexity index is 793. The molecule has 2 atom stereocenters. The fourth-order valence-electron chi connectivity index (χ4n) is 3.84. The largest absolute Gasteiger partial charge is 0.493 e. The van der Waals surface area contributed by atoms with Gasteiger partial charge in [-0.3, -0.25) is 4.79 Å². The Hall–Kier alpha value is -2.14. The van der Waals surface area contributed by atoms with E-state index in [1.165, 1.54) is 28.5 Å². The summed E-state index contributed by atoms with van der Waals surface area (Å²) in [5.74, 6) is 1.48. The number of nitrogens with zero attached hydrogens (tertiary/aromatic N) is 1. The van der Waals surface area contributed by atoms with E-state index in [4.69, 9.17) is 9.47 Å². The van der Waals surface area contributed by atoms with Gasteiger partial charge in [-0.05, 0) is 41.7 Å². The summed E-state index contributed by atoms with van der Waals surface area (Å²) >= 11 is 1.47. The Morgan fingerprint density at radius 2 is 1.84 bits per heavy atom. The monoisotopic (exact) mass is 355 g/mol. The van der Waals surface area contributed by atoms with Crippen LogP contribution in [-0.4, -0.2) is 36.2 Å². The van der Waals surface area contributed by atoms with Crippen molar-refractivity contribution in [3.8, 4) is 11.5 Å². The fraction of sp³-hybridized carbons (Fsp3) is 0.350. The molecule has 4 rings (SSSR count). The standard InChI is InChI=1S/C20H21NO3S/c1-23-16-11-14-8-9-21-19(15(14)12-17(16)24-2)18(25-20(21)22)10-13-6-4-3-5-7-13/h3-7,11-12,18-19H,8-10H2,1-2H3/t18-,19-/m1/s1. The minimum atomic E-state index is 0.0984. The van der Waals surface area contributed by atoms with Crippen molar-refractivity contribution >= 4 is 17.0 Å². The molecule has 0 spiro atoms. The van der Waals surface area contributed by atoms with Gasteiger partial charge in [0.25, 0.3) is 5.24 Å². The molecule has 4 nitrogen and oxygen atoms in total. The summed E-state index contributed by atoms with van der Waals surface area (Å²) < 4.78 is 10.9. The lowest BCUT2D eigenvalue weighted by Gasteiger charge is -2.34. The number of rotatable bonds is 4. The van der Waals surface area contributed by atoms with E-state index in [9.17, 15) is 4.79 Å². The number of hydrogen-bond donors (Lipinski definition) is 0. The summed E-state index contributed by atoms with van der Waals surface area (Å²) in [6, 6.07) is 14.6. The molecule has 2 heterocycles. The third-order valence-electron chi connectivity index (χ3n) is 5.04. The molecule has 130 valence electrons. The Morgan fingerprint density at radius 3 is 2.56 bits per heavy atom. The van der Waals surface area contributed by atoms with Gasteiger partial charge >= 0.3 is 0 Å². The van der Waals surface area contributed by atoms with Crippen molar-refractivity contribution < 1.29 is 14.3 Å². The molecule has 25 heavy (non-hydrogen) atoms. The Morgan fingerprint density at radius 1 is 1.12 bits per heavy atom. The van der Waals surface area contributed by atoms with E-state index >= 15 is 0 Å². The molecule has 2 aliphatic heterocycles. The molecule has 0 unspecified atom stereocenters. The maximum absolute atomic E-state index is 12.5. The minimum Gasteiger partial charge on any atom is -0.493 e. The second-order valence-electron chi connectivity index (χ2n) is 6.41. The average molecular weight is 355 g/mol. The second-order valence-corrected chi connectivity index (χ2v) is 7.60. The van der Waals surface area contributed by atoms with Gasteiger partial charge in [-0.1, -0.05) is 42.1 Å². The van der Waals surface area contributed by atoms with Crippen molar-refractivity contribution in [1.82, 2.24) is 4.90 Å². The molecule has 0 bridgehead atoms. The first-order chi connectivity index (χ1) is 12.2. The summed E-state index contributed by atoms with van der Waals surface area (Å²) in [6.45, 7) is 0.768. The van der Waals surface area contributed by atoms with Crippen molar-refractivity contribution in [3.05, 3.63) is 59.2 Å². The molecule has 0 saturated carbocycles. The number of thioether (sulfide) groups is 1. The maximum Gasteiger partial charge on any atom is 0.282 e. The Kier molecular flexibility index (Phi) is 4.34. The molecule has 1 amide bonds. The van der Waals surface area contributed by atoms with Gasteiger partial charge in [-0.2, -0.15) is 0 Å². The first-order valence-electron chi connectivity index (χ1n) is 8.47. The van der Waals surface area contributed by atoms with Crippen LogP contribution in [0.4, 0.5) is 4.79 Å². The summed E-state index contributed by atoms with van der Waals surface area (Å²) in [7, 11) is 3.31. The molecule has 2 aliphatic rings. The Labute approximate surface area is 152 Å². The molecule has 0 aromatic heterocycles. The van der Waals surface area contributed by atoms with Crippen LogP contribution in [0, 0.1) is 0 Å². The van der Waals surface area contributed by atoms with Gasteiger partial charge in [0, 0.05) is 11.8 Å². The second kappa shape index (κ2) is 6.64. The van der Waals surface area contributed by atoms with Crippen LogP contribution in [0.3, 0.4) is 0 Å². The van der Waals surface area contributed by atoms with Crippen LogP contribution in [0.1, 0.15) is 22.7 Å². The van der Waals surface area contributed by atoms with E-state index < -0.39 is 0 Å². The van der Waals surface area contributed by atoms with Gasteiger partial charge < -0.3 is 14.4 Å². The lowest BCUT2D eigenvalue weighted by molar-refractivity contribution is 0.200. The summed E-state index contributed by atoms with van der Waals surface area (Å²) in [5.41, 5.74) is 3.72. The van der Waals surface area contributed by atoms with Gasteiger partial charge in [-0.25, -0.2) is 0 Å². The number of fused-ring (bicyclic) bond motifs is 3. The van der Waals surface area contributed by atoms with E-state index in [-0.39, 0.29) is 16.5 Å². The maximum atomic E-state index is 12.5. The predicted molar refractivity (Wildman–Crippen MR) is 99.6 cm³/mol. The van der Waals surface area contributed by atoms with Gasteiger partial charge in [0.1, 0.15) is 0 Å². The van der Waals surface area contributed by atoms with Crippen molar-refractivity contribution in [2.24, 2.45) is 0 Å². The molecule has 5 heteroatoms. The third kappa shape index (κ3) is 2.86. The topological polar surface area (TPSA) is 38.8 Å². The average Bonchev–Trinajstić information content (AvgIpc) is 2.97. The zero-order valence-corrected chi connectivity index (χ0v) is 15.2. The third-order valence-corrected chi connectivity index (χ3v) is 6.20. The van der Waals surface area contributed by atoms with E-state index in [0.29, 0.717) is 0 Å². The molecule has 1 saturated heterocycles. The van der Waals surface area contributed by atoms with Crippen LogP contribution >= 0.6 is 11.8 Å². The van der Waals surface area contributed by atoms with Gasteiger partial charge in [0.15, 0.2) is 11.5 Å². The summed E-state index contributed by atoms with van der Waals surface area (Å²) in [5, 5.41) is 0.401. The van der Waals surface area contributed by atoms with Crippen LogP contribution in [0.2, 0.25) is 0 Å². The highest BCUT2D eigenvalue weighted by Gasteiger charge is 2.44. The molecule has 2 aromatic rings. The summed E-state index contributed by atoms with van der Waals surface area (Å²) in [4.78, 5) is 14.5. The number of benzene rings is 2. The van der Waals surface area contributed by atoms with E-state index in [1.807, 2.05) is 11.0 Å². The highest BCUT2D eigenvalue weighted by atomic mass is 32.2. The lowest BCUT2D eigenvalue weighted by atomic mass is 9.88. The number of methoxy groups -OCH3 is 2. The van der Waals surface area contributed by atoms with Crippen molar-refractivity contribution in [3.63, 3.8) is 0 Å². The number of hydrogen-bond acceptors (Lipinski definition) is 4. The fourth-order valence-corrected chi connectivity index (χ4v) is 5.14. The van der Waals surface area contributed by atoms with Crippen LogP contribution < -0.4 is 9.47 Å². The highest BCUT2D eigenvalue weighted by molar-refractivity contribution is 8.14. The van der Waals surface area contributed by atoms with Crippen molar-refractivity contribution in [2.75, 3.05) is 20.8 Å². The Balaban J connectivity index is 1.73. The summed E-state index contributed by atoms with van der Waals surface area (Å²) in [6.07, 6.45) is 1.74. The normalized spacial score (nSPS) is 21.7. The zero-order chi connectivity index (χ0) is 17.4. The van der Waals surface area contributed by atoms with Gasteiger partial charge in [-0.15, -0.1) is 0 Å². The van der Waals surface area contributed by atoms with Crippen LogP contribution in [0.5, 0.6) is 11.5 Å². The van der Waals surface area contributed by atoms with E-state index in [0.717, 1.165) is 30.9 Å². The first kappa shape index (κ1) is 16.3. The molecule has 0 N–H and O–H groups in total. The highest BCUT2D eigenvalue weighted by Crippen LogP contribution is 2.48. The zero-order valence-electron chi connectivity index (χ0n) is 14.4. The van der Waals surface area contributed by atoms with Gasteiger partial charge in [0.2, 0.25) is 0 Å². The number of carbonyl (C=O) groups is 1. The van der Waals surface area contributed by atoms with Crippen LogP contribution in [-0.2, 0) is 12.8 Å². The molecular formula is C20H21NO3S. The van der Waals surface area contributed by atoms with E-state index in [1.54, 1.807) is 14.2 Å². The molecule has 1 fully saturated rings. The molecule has 0 radical (unpaired) electrons. The number of carbonyl (C=O) groups excluding carboxylic acids is 1. The first-order valence-corrected chi connectivity index (χ1v) is 9.35. The lowest BCUT2D eigenvalue weighted by Crippen LogP contribution is -2.36. The smallest absolute Gasteiger partial charge is 0.282 e. The number of amides is 1. The molecule has 2 aromatic carbocycles. The molecule has 0 aliphatic carbocycles. The van der Waals surface area contributed by atoms with Crippen molar-refractivity contribution in [2.45, 2.75) is 24.1 Å². The van der Waals surface area contributed by atoms with Gasteiger partial charge in [0.05, 0.1) is 20.3 Å². The van der Waals surface area contributed by atoms with Crippen LogP contribution in [0.25, 0.3) is 0 Å². The van der Waals surface area contributed by atoms with E-state index in [2.05, 4.69) is 36.4 Å². The SMILES string of the molecule is COc1cc2c(cc1OC)[C@@H]1[C@@H](Cc3ccccc3)SC(=O)N1CC2. The quantitative estimate of drug-likeness (QED) is 0.828. The van der Waals surface area contributed by atoms with Crippen molar-refractivity contribution in [1.29, 1.82) is 0 Å². The predicted octanol–water partition coefficient (Wildman–Crippen LogP) is 4.08. The minimum absolute atomic E-state index is 0.0984. The number of ether oxygens (including phenoxy) is 2. The molecular weight excluding hydrogens is 334 g/mol.